The van der Waals surface area contributed by atoms with Gasteiger partial charge in [0.25, 0.3) is 0 Å². The Labute approximate surface area is 113 Å². The highest BCUT2D eigenvalue weighted by Gasteiger charge is 2.29. The van der Waals surface area contributed by atoms with E-state index in [2.05, 4.69) is 0 Å². The van der Waals surface area contributed by atoms with Crippen LogP contribution < -0.4 is 0 Å². The molecule has 0 unspecified atom stereocenters. The fraction of sp³-hybridized carbons (Fsp3) is 0.385. The molecule has 7 heteroatoms. The molecule has 1 N–H and O–H groups in total. The number of benzene rings is 1. The van der Waals surface area contributed by atoms with E-state index in [4.69, 9.17) is 9.84 Å². The third-order valence-electron chi connectivity index (χ3n) is 3.08. The molecule has 0 aliphatic carbocycles. The van der Waals surface area contributed by atoms with E-state index in [-0.39, 0.29) is 25.3 Å². The van der Waals surface area contributed by atoms with Gasteiger partial charge in [0.1, 0.15) is 11.6 Å². The number of carboxylic acid groups (broad SMARTS) is 1. The lowest BCUT2D eigenvalue weighted by Gasteiger charge is -2.31. The summed E-state index contributed by atoms with van der Waals surface area (Å²) in [6.45, 7) is 0.172. The molecule has 1 amide bonds. The summed E-state index contributed by atoms with van der Waals surface area (Å²) >= 11 is 0. The maximum atomic E-state index is 13.5. The van der Waals surface area contributed by atoms with Crippen LogP contribution in [0.4, 0.5) is 8.78 Å². The molecule has 1 saturated heterocycles. The minimum Gasteiger partial charge on any atom is -0.479 e. The van der Waals surface area contributed by atoms with E-state index in [0.29, 0.717) is 0 Å². The summed E-state index contributed by atoms with van der Waals surface area (Å²) in [5.74, 6) is -3.27. The maximum absolute atomic E-state index is 13.5. The number of halogens is 2. The fourth-order valence-electron chi connectivity index (χ4n) is 1.99. The predicted molar refractivity (Wildman–Crippen MR) is 64.0 cm³/mol. The summed E-state index contributed by atoms with van der Waals surface area (Å²) in [6, 6.07) is 3.37. The number of hydrogen-bond acceptors (Lipinski definition) is 3. The summed E-state index contributed by atoms with van der Waals surface area (Å²) in [4.78, 5) is 24.0. The Morgan fingerprint density at radius 2 is 2.00 bits per heavy atom. The van der Waals surface area contributed by atoms with Crippen LogP contribution in [0.3, 0.4) is 0 Å². The zero-order chi connectivity index (χ0) is 14.7. The molecule has 1 aromatic carbocycles. The summed E-state index contributed by atoms with van der Waals surface area (Å²) in [5.41, 5.74) is -0.309. The van der Waals surface area contributed by atoms with Gasteiger partial charge in [-0.15, -0.1) is 0 Å². The molecule has 0 bridgehead atoms. The van der Waals surface area contributed by atoms with Crippen LogP contribution >= 0.6 is 0 Å². The number of rotatable bonds is 3. The Bertz CT molecular complexity index is 515. The third kappa shape index (κ3) is 3.11. The first-order valence-electron chi connectivity index (χ1n) is 6.04. The topological polar surface area (TPSA) is 66.8 Å². The van der Waals surface area contributed by atoms with Crippen molar-refractivity contribution in [1.29, 1.82) is 0 Å². The third-order valence-corrected chi connectivity index (χ3v) is 3.08. The Kier molecular flexibility index (Phi) is 4.29. The Hall–Kier alpha value is -2.02. The number of carbonyl (C=O) groups is 2. The molecule has 0 radical (unpaired) electrons. The van der Waals surface area contributed by atoms with Crippen LogP contribution in [0.1, 0.15) is 5.56 Å². The molecule has 1 atom stereocenters. The Morgan fingerprint density at radius 3 is 2.60 bits per heavy atom. The van der Waals surface area contributed by atoms with Crippen LogP contribution in [0.5, 0.6) is 0 Å². The van der Waals surface area contributed by atoms with Crippen molar-refractivity contribution in [3.63, 3.8) is 0 Å². The Morgan fingerprint density at radius 1 is 1.35 bits per heavy atom. The second kappa shape index (κ2) is 5.96. The average molecular weight is 285 g/mol. The summed E-state index contributed by atoms with van der Waals surface area (Å²) in [5, 5.41) is 8.83. The minimum absolute atomic E-state index is 0.0858. The first kappa shape index (κ1) is 14.4. The van der Waals surface area contributed by atoms with E-state index in [0.717, 1.165) is 12.1 Å². The zero-order valence-corrected chi connectivity index (χ0v) is 10.5. The number of hydrogen-bond donors (Lipinski definition) is 1. The lowest BCUT2D eigenvalue weighted by atomic mass is 10.1. The van der Waals surface area contributed by atoms with E-state index in [1.807, 2.05) is 0 Å². The van der Waals surface area contributed by atoms with Crippen molar-refractivity contribution in [2.75, 3.05) is 19.7 Å². The lowest BCUT2D eigenvalue weighted by molar-refractivity contribution is -0.159. The van der Waals surface area contributed by atoms with Gasteiger partial charge in [-0.3, -0.25) is 4.79 Å². The van der Waals surface area contributed by atoms with Crippen LogP contribution in [0, 0.1) is 11.6 Å². The highest BCUT2D eigenvalue weighted by Crippen LogP contribution is 2.15. The van der Waals surface area contributed by atoms with Crippen molar-refractivity contribution < 1.29 is 28.2 Å². The molecule has 1 aromatic rings. The molecule has 1 heterocycles. The van der Waals surface area contributed by atoms with Crippen molar-refractivity contribution in [2.45, 2.75) is 12.5 Å². The minimum atomic E-state index is -1.17. The highest BCUT2D eigenvalue weighted by molar-refractivity contribution is 5.80. The van der Waals surface area contributed by atoms with Gasteiger partial charge in [-0.1, -0.05) is 6.07 Å². The lowest BCUT2D eigenvalue weighted by Crippen LogP contribution is -2.49. The second-order valence-corrected chi connectivity index (χ2v) is 4.41. The molecular weight excluding hydrogens is 272 g/mol. The van der Waals surface area contributed by atoms with Crippen LogP contribution in [0.25, 0.3) is 0 Å². The van der Waals surface area contributed by atoms with Crippen LogP contribution in [0.2, 0.25) is 0 Å². The van der Waals surface area contributed by atoms with Crippen molar-refractivity contribution in [2.24, 2.45) is 0 Å². The quantitative estimate of drug-likeness (QED) is 0.893. The zero-order valence-electron chi connectivity index (χ0n) is 10.5. The number of ether oxygens (including phenoxy) is 1. The fourth-order valence-corrected chi connectivity index (χ4v) is 1.99. The van der Waals surface area contributed by atoms with Gasteiger partial charge < -0.3 is 14.7 Å². The normalized spacial score (nSPS) is 18.9. The van der Waals surface area contributed by atoms with Gasteiger partial charge in [0, 0.05) is 12.1 Å². The standard InChI is InChI=1S/C13H13F2NO4/c14-9-2-1-3-10(15)8(9)6-12(17)16-4-5-20-11(7-16)13(18)19/h1-3,11H,4-7H2,(H,18,19)/t11-/m0/s1. The molecule has 108 valence electrons. The van der Waals surface area contributed by atoms with Crippen LogP contribution in [0.15, 0.2) is 18.2 Å². The molecule has 20 heavy (non-hydrogen) atoms. The monoisotopic (exact) mass is 285 g/mol. The van der Waals surface area contributed by atoms with Gasteiger partial charge in [0.05, 0.1) is 19.6 Å². The number of carboxylic acids is 1. The van der Waals surface area contributed by atoms with E-state index in [1.165, 1.54) is 11.0 Å². The molecule has 0 aromatic heterocycles. The molecule has 0 spiro atoms. The van der Waals surface area contributed by atoms with Gasteiger partial charge in [-0.2, -0.15) is 0 Å². The van der Waals surface area contributed by atoms with Gasteiger partial charge in [-0.25, -0.2) is 13.6 Å². The van der Waals surface area contributed by atoms with Crippen molar-refractivity contribution in [3.8, 4) is 0 Å². The average Bonchev–Trinajstić information content (AvgIpc) is 2.43. The first-order chi connectivity index (χ1) is 9.49. The van der Waals surface area contributed by atoms with Crippen LogP contribution in [-0.4, -0.2) is 47.7 Å². The molecule has 5 nitrogen and oxygen atoms in total. The van der Waals surface area contributed by atoms with E-state index >= 15 is 0 Å². The molecule has 1 aliphatic rings. The molecule has 1 aliphatic heterocycles. The summed E-state index contributed by atoms with van der Waals surface area (Å²) in [6.07, 6.45) is -1.54. The largest absolute Gasteiger partial charge is 0.479 e. The number of aliphatic carboxylic acids is 1. The van der Waals surface area contributed by atoms with Crippen molar-refractivity contribution in [1.82, 2.24) is 4.90 Å². The predicted octanol–water partition coefficient (Wildman–Crippen LogP) is 0.819. The van der Waals surface area contributed by atoms with E-state index in [9.17, 15) is 18.4 Å². The molecule has 1 fully saturated rings. The number of amides is 1. The first-order valence-corrected chi connectivity index (χ1v) is 6.04. The van der Waals surface area contributed by atoms with Crippen molar-refractivity contribution >= 4 is 11.9 Å². The van der Waals surface area contributed by atoms with Gasteiger partial charge in [0.2, 0.25) is 5.91 Å². The van der Waals surface area contributed by atoms with Crippen LogP contribution in [-0.2, 0) is 20.7 Å². The van der Waals surface area contributed by atoms with E-state index < -0.39 is 36.0 Å². The number of carbonyl (C=O) groups excluding carboxylic acids is 1. The number of morpholine rings is 1. The van der Waals surface area contributed by atoms with E-state index in [1.54, 1.807) is 0 Å². The smallest absolute Gasteiger partial charge is 0.334 e. The van der Waals surface area contributed by atoms with Crippen molar-refractivity contribution in [3.05, 3.63) is 35.4 Å². The Balaban J connectivity index is 2.06. The molecular formula is C13H13F2NO4. The highest BCUT2D eigenvalue weighted by atomic mass is 19.1. The summed E-state index contributed by atoms with van der Waals surface area (Å²) in [7, 11) is 0. The van der Waals surface area contributed by atoms with Gasteiger partial charge in [0.15, 0.2) is 6.10 Å². The van der Waals surface area contributed by atoms with Gasteiger partial charge >= 0.3 is 5.97 Å². The molecule has 0 saturated carbocycles. The maximum Gasteiger partial charge on any atom is 0.334 e. The summed E-state index contributed by atoms with van der Waals surface area (Å²) < 4.78 is 31.9. The number of nitrogens with zero attached hydrogens (tertiary/aromatic N) is 1. The molecule has 2 rings (SSSR count). The second-order valence-electron chi connectivity index (χ2n) is 4.41. The SMILES string of the molecule is O=C(O)[C@@H]1CN(C(=O)Cc2c(F)cccc2F)CCO1. The van der Waals surface area contributed by atoms with Gasteiger partial charge in [-0.05, 0) is 12.1 Å².